The molecular weight excluding hydrogens is 450 g/mol. The highest BCUT2D eigenvalue weighted by Crippen LogP contribution is 2.36. The minimum absolute atomic E-state index is 0.0403. The normalized spacial score (nSPS) is 11.4. The molecule has 0 saturated carbocycles. The summed E-state index contributed by atoms with van der Waals surface area (Å²) in [4.78, 5) is 25.2. The van der Waals surface area contributed by atoms with Gasteiger partial charge in [0.15, 0.2) is 0 Å². The lowest BCUT2D eigenvalue weighted by Crippen LogP contribution is -2.22. The number of nitrogens with zero attached hydrogens (tertiary/aromatic N) is 1. The number of amides is 2. The van der Waals surface area contributed by atoms with E-state index in [0.717, 1.165) is 16.4 Å². The zero-order valence-corrected chi connectivity index (χ0v) is 19.8. The Hall–Kier alpha value is -4.53. The number of furan rings is 1. The third kappa shape index (κ3) is 5.03. The lowest BCUT2D eigenvalue weighted by atomic mass is 10.1. The van der Waals surface area contributed by atoms with Crippen molar-refractivity contribution in [3.8, 4) is 17.2 Å². The van der Waals surface area contributed by atoms with Gasteiger partial charge in [-0.3, -0.25) is 9.59 Å². The van der Waals surface area contributed by atoms with Crippen LogP contribution in [0.3, 0.4) is 0 Å². The van der Waals surface area contributed by atoms with Gasteiger partial charge in [-0.2, -0.15) is 5.10 Å². The van der Waals surface area contributed by atoms with Crippen molar-refractivity contribution in [1.29, 1.82) is 0 Å². The Kier molecular flexibility index (Phi) is 6.86. The van der Waals surface area contributed by atoms with E-state index in [-0.39, 0.29) is 17.9 Å². The number of nitrogens with one attached hydrogen (secondary N) is 2. The van der Waals surface area contributed by atoms with Crippen LogP contribution in [0.2, 0.25) is 0 Å². The molecule has 0 unspecified atom stereocenters. The average molecular weight is 476 g/mol. The summed E-state index contributed by atoms with van der Waals surface area (Å²) < 4.78 is 21.8. The molecule has 9 nitrogen and oxygen atoms in total. The van der Waals surface area contributed by atoms with Gasteiger partial charge in [0.2, 0.25) is 5.91 Å². The summed E-state index contributed by atoms with van der Waals surface area (Å²) in [5, 5.41) is 8.73. The summed E-state index contributed by atoms with van der Waals surface area (Å²) in [5.41, 5.74) is 5.01. The number of benzene rings is 3. The summed E-state index contributed by atoms with van der Waals surface area (Å²) in [6.07, 6.45) is -0.0403. The molecule has 0 saturated heterocycles. The van der Waals surface area contributed by atoms with E-state index < -0.39 is 5.91 Å². The summed E-state index contributed by atoms with van der Waals surface area (Å²) >= 11 is 0. The molecule has 180 valence electrons. The molecule has 4 aromatic rings. The summed E-state index contributed by atoms with van der Waals surface area (Å²) in [6.45, 7) is 1.64. The third-order valence-electron chi connectivity index (χ3n) is 5.39. The first-order valence-corrected chi connectivity index (χ1v) is 10.8. The van der Waals surface area contributed by atoms with Crippen molar-refractivity contribution in [3.63, 3.8) is 0 Å². The van der Waals surface area contributed by atoms with E-state index in [4.69, 9.17) is 18.6 Å². The molecule has 1 aromatic heterocycles. The first-order chi connectivity index (χ1) is 16.9. The van der Waals surface area contributed by atoms with Gasteiger partial charge in [-0.1, -0.05) is 18.2 Å². The number of carbonyl (C=O) groups excluding carboxylic acids is 2. The lowest BCUT2D eigenvalue weighted by molar-refractivity contribution is -0.115. The van der Waals surface area contributed by atoms with Gasteiger partial charge in [0, 0.05) is 28.6 Å². The van der Waals surface area contributed by atoms with E-state index >= 15 is 0 Å². The zero-order valence-electron chi connectivity index (χ0n) is 19.8. The molecule has 0 radical (unpaired) electrons. The Labute approximate surface area is 201 Å². The molecule has 0 spiro atoms. The number of hydrogen-bond donors (Lipinski definition) is 2. The van der Waals surface area contributed by atoms with Gasteiger partial charge in [0.05, 0.1) is 39.0 Å². The Bertz CT molecular complexity index is 1440. The van der Waals surface area contributed by atoms with Gasteiger partial charge in [-0.05, 0) is 31.2 Å². The maximum atomic E-state index is 12.7. The molecule has 1 heterocycles. The van der Waals surface area contributed by atoms with Crippen molar-refractivity contribution in [2.45, 2.75) is 13.3 Å². The van der Waals surface area contributed by atoms with Crippen LogP contribution in [0.1, 0.15) is 23.7 Å². The molecule has 0 atom stereocenters. The topological polar surface area (TPSA) is 111 Å². The monoisotopic (exact) mass is 475 g/mol. The van der Waals surface area contributed by atoms with Gasteiger partial charge in [-0.15, -0.1) is 0 Å². The zero-order chi connectivity index (χ0) is 24.9. The fourth-order valence-corrected chi connectivity index (χ4v) is 3.68. The average Bonchev–Trinajstić information content (AvgIpc) is 3.23. The predicted octanol–water partition coefficient (Wildman–Crippen LogP) is 4.75. The van der Waals surface area contributed by atoms with Gasteiger partial charge in [0.25, 0.3) is 5.91 Å². The van der Waals surface area contributed by atoms with Gasteiger partial charge in [-0.25, -0.2) is 5.43 Å². The summed E-state index contributed by atoms with van der Waals surface area (Å²) in [6, 6.07) is 16.1. The number of para-hydroxylation sites is 1. The predicted molar refractivity (Wildman–Crippen MR) is 134 cm³/mol. The second kappa shape index (κ2) is 10.2. The van der Waals surface area contributed by atoms with Crippen molar-refractivity contribution in [3.05, 3.63) is 60.2 Å². The first kappa shape index (κ1) is 23.6. The maximum absolute atomic E-state index is 12.7. The number of rotatable bonds is 8. The quantitative estimate of drug-likeness (QED) is 0.281. The minimum Gasteiger partial charge on any atom is -0.497 e. The number of ether oxygens (including phenoxy) is 3. The Morgan fingerprint density at radius 2 is 1.66 bits per heavy atom. The standard InChI is InChI=1S/C26H25N3O6/c1-15(28-29-26(31)18-10-9-16(32-2)12-22(18)33-3)11-25(30)27-20-14-23-19(13-24(20)34-4)17-7-5-6-8-21(17)35-23/h5-10,12-14H,11H2,1-4H3,(H,27,30)(H,29,31). The molecule has 0 aliphatic carbocycles. The SMILES string of the molecule is COc1ccc(C(=O)NN=C(C)CC(=O)Nc2cc3oc4ccccc4c3cc2OC)c(OC)c1. The Morgan fingerprint density at radius 3 is 2.40 bits per heavy atom. The van der Waals surface area contributed by atoms with Crippen LogP contribution in [0.25, 0.3) is 21.9 Å². The van der Waals surface area contributed by atoms with Crippen LogP contribution in [0.15, 0.2) is 64.1 Å². The van der Waals surface area contributed by atoms with E-state index in [1.807, 2.05) is 30.3 Å². The second-order valence-electron chi connectivity index (χ2n) is 7.73. The largest absolute Gasteiger partial charge is 0.497 e. The fraction of sp³-hybridized carbons (Fsp3) is 0.192. The van der Waals surface area contributed by atoms with Crippen molar-refractivity contribution < 1.29 is 28.2 Å². The number of fused-ring (bicyclic) bond motifs is 3. The smallest absolute Gasteiger partial charge is 0.275 e. The molecule has 35 heavy (non-hydrogen) atoms. The fourth-order valence-electron chi connectivity index (χ4n) is 3.68. The van der Waals surface area contributed by atoms with Crippen LogP contribution in [0.5, 0.6) is 17.2 Å². The van der Waals surface area contributed by atoms with E-state index in [9.17, 15) is 9.59 Å². The molecular formula is C26H25N3O6. The number of methoxy groups -OCH3 is 3. The van der Waals surface area contributed by atoms with E-state index in [1.165, 1.54) is 21.3 Å². The maximum Gasteiger partial charge on any atom is 0.275 e. The Balaban J connectivity index is 1.45. The minimum atomic E-state index is -0.471. The van der Waals surface area contributed by atoms with Crippen LogP contribution >= 0.6 is 0 Å². The van der Waals surface area contributed by atoms with Crippen molar-refractivity contribution in [1.82, 2.24) is 5.43 Å². The Morgan fingerprint density at radius 1 is 0.886 bits per heavy atom. The van der Waals surface area contributed by atoms with E-state index in [2.05, 4.69) is 15.8 Å². The van der Waals surface area contributed by atoms with Crippen molar-refractivity contribution in [2.75, 3.05) is 26.6 Å². The highest BCUT2D eigenvalue weighted by molar-refractivity contribution is 6.10. The number of carbonyl (C=O) groups is 2. The van der Waals surface area contributed by atoms with E-state index in [1.54, 1.807) is 31.2 Å². The van der Waals surface area contributed by atoms with Gasteiger partial charge >= 0.3 is 0 Å². The number of hydrazone groups is 1. The van der Waals surface area contributed by atoms with E-state index in [0.29, 0.717) is 34.2 Å². The van der Waals surface area contributed by atoms with Crippen LogP contribution in [-0.2, 0) is 4.79 Å². The highest BCUT2D eigenvalue weighted by Gasteiger charge is 2.16. The molecule has 9 heteroatoms. The number of hydrogen-bond acceptors (Lipinski definition) is 7. The van der Waals surface area contributed by atoms with Crippen LogP contribution in [0.4, 0.5) is 5.69 Å². The molecule has 0 fully saturated rings. The van der Waals surface area contributed by atoms with Crippen molar-refractivity contribution in [2.24, 2.45) is 5.10 Å². The van der Waals surface area contributed by atoms with Crippen LogP contribution in [0, 0.1) is 0 Å². The summed E-state index contributed by atoms with van der Waals surface area (Å²) in [7, 11) is 4.52. The van der Waals surface area contributed by atoms with Crippen LogP contribution < -0.4 is 25.0 Å². The van der Waals surface area contributed by atoms with Crippen molar-refractivity contribution >= 4 is 45.2 Å². The first-order valence-electron chi connectivity index (χ1n) is 10.8. The molecule has 0 aliphatic rings. The summed E-state index contributed by atoms with van der Waals surface area (Å²) in [5.74, 6) is 0.621. The second-order valence-corrected chi connectivity index (χ2v) is 7.73. The molecule has 2 amide bonds. The third-order valence-corrected chi connectivity index (χ3v) is 5.39. The molecule has 3 aromatic carbocycles. The van der Waals surface area contributed by atoms with Crippen LogP contribution in [-0.4, -0.2) is 38.9 Å². The molecule has 0 aliphatic heterocycles. The van der Waals surface area contributed by atoms with Gasteiger partial charge in [0.1, 0.15) is 28.4 Å². The molecule has 4 rings (SSSR count). The highest BCUT2D eigenvalue weighted by atomic mass is 16.5. The molecule has 0 bridgehead atoms. The molecule has 2 N–H and O–H groups in total. The van der Waals surface area contributed by atoms with Gasteiger partial charge < -0.3 is 23.9 Å². The lowest BCUT2D eigenvalue weighted by Gasteiger charge is -2.11. The number of anilines is 1.